The molecule has 1 amide bonds. The monoisotopic (exact) mass is 522 g/mol. The maximum Gasteiger partial charge on any atom is 0.220 e. The molecule has 1 aromatic carbocycles. The van der Waals surface area contributed by atoms with E-state index in [-0.39, 0.29) is 23.0 Å². The van der Waals surface area contributed by atoms with E-state index < -0.39 is 9.84 Å². The van der Waals surface area contributed by atoms with Crippen LogP contribution in [0.5, 0.6) is 11.5 Å². The number of carbonyl (C=O) groups is 1. The van der Waals surface area contributed by atoms with Gasteiger partial charge in [0, 0.05) is 19.0 Å². The van der Waals surface area contributed by atoms with Crippen LogP contribution in [0.2, 0.25) is 0 Å². The zero-order valence-corrected chi connectivity index (χ0v) is 23.1. The minimum absolute atomic E-state index is 0.0187. The summed E-state index contributed by atoms with van der Waals surface area (Å²) in [6, 6.07) is 6.00. The van der Waals surface area contributed by atoms with Gasteiger partial charge in [-0.2, -0.15) is 0 Å². The predicted octanol–water partition coefficient (Wildman–Crippen LogP) is 4.52. The number of sulfone groups is 1. The number of likely N-dealkylation sites (tertiary alicyclic amines) is 1. The van der Waals surface area contributed by atoms with Crippen molar-refractivity contribution in [1.82, 2.24) is 10.2 Å². The Hall–Kier alpha value is -1.80. The molecule has 1 aromatic rings. The van der Waals surface area contributed by atoms with E-state index in [0.29, 0.717) is 25.2 Å². The van der Waals surface area contributed by atoms with Gasteiger partial charge in [-0.05, 0) is 82.7 Å². The van der Waals surface area contributed by atoms with Gasteiger partial charge < -0.3 is 19.7 Å². The third-order valence-electron chi connectivity index (χ3n) is 7.45. The molecule has 1 aliphatic carbocycles. The summed E-state index contributed by atoms with van der Waals surface area (Å²) < 4.78 is 36.3. The lowest BCUT2D eigenvalue weighted by molar-refractivity contribution is -0.122. The van der Waals surface area contributed by atoms with Crippen molar-refractivity contribution in [2.24, 2.45) is 0 Å². The van der Waals surface area contributed by atoms with E-state index >= 15 is 0 Å². The molecule has 1 saturated carbocycles. The number of methoxy groups -OCH3 is 1. The number of nitrogens with one attached hydrogen (secondary N) is 1. The minimum atomic E-state index is -2.99. The largest absolute Gasteiger partial charge is 0.493 e. The van der Waals surface area contributed by atoms with Gasteiger partial charge in [0.2, 0.25) is 5.91 Å². The summed E-state index contributed by atoms with van der Waals surface area (Å²) in [5, 5.41) is 3.12. The summed E-state index contributed by atoms with van der Waals surface area (Å²) in [6.07, 6.45) is 10.6. The maximum absolute atomic E-state index is 12.8. The van der Waals surface area contributed by atoms with Crippen LogP contribution in [-0.2, 0) is 21.1 Å². The van der Waals surface area contributed by atoms with E-state index in [1.54, 1.807) is 7.11 Å². The van der Waals surface area contributed by atoms with Gasteiger partial charge in [0.15, 0.2) is 21.3 Å². The van der Waals surface area contributed by atoms with Gasteiger partial charge >= 0.3 is 0 Å². The van der Waals surface area contributed by atoms with Crippen LogP contribution in [0.3, 0.4) is 0 Å². The molecule has 0 aromatic heterocycles. The summed E-state index contributed by atoms with van der Waals surface area (Å²) in [5.74, 6) is 1.75. The molecule has 3 rings (SSSR count). The highest BCUT2D eigenvalue weighted by Gasteiger charge is 2.26. The molecule has 2 fully saturated rings. The van der Waals surface area contributed by atoms with Gasteiger partial charge in [-0.15, -0.1) is 0 Å². The van der Waals surface area contributed by atoms with Crippen molar-refractivity contribution in [2.75, 3.05) is 39.1 Å². The highest BCUT2D eigenvalue weighted by atomic mass is 32.2. The first-order valence-corrected chi connectivity index (χ1v) is 15.7. The molecule has 7 nitrogen and oxygen atoms in total. The fraction of sp³-hybridized carbons (Fsp3) is 0.750. The van der Waals surface area contributed by atoms with Crippen LogP contribution in [0.25, 0.3) is 0 Å². The highest BCUT2D eigenvalue weighted by molar-refractivity contribution is 7.92. The number of nitrogens with zero attached hydrogens (tertiary/aromatic N) is 1. The topological polar surface area (TPSA) is 84.9 Å². The first-order chi connectivity index (χ1) is 17.4. The molecule has 1 saturated heterocycles. The Morgan fingerprint density at radius 2 is 1.81 bits per heavy atom. The van der Waals surface area contributed by atoms with E-state index in [4.69, 9.17) is 9.47 Å². The Kier molecular flexibility index (Phi) is 11.8. The van der Waals surface area contributed by atoms with Crippen molar-refractivity contribution < 1.29 is 22.7 Å². The second kappa shape index (κ2) is 14.8. The van der Waals surface area contributed by atoms with Gasteiger partial charge in [-0.25, -0.2) is 8.42 Å². The van der Waals surface area contributed by atoms with Gasteiger partial charge in [0.25, 0.3) is 0 Å². The van der Waals surface area contributed by atoms with Gasteiger partial charge in [-0.3, -0.25) is 4.79 Å². The zero-order chi connectivity index (χ0) is 25.8. The Labute approximate surface area is 218 Å². The SMILES string of the molecule is CCOc1cc(C[C@@H](CN2CCCC2)NC(=O)CCCCCS(=O)(=O)C2CCCCC2)ccc1OC. The Balaban J connectivity index is 1.48. The van der Waals surface area contributed by atoms with Crippen LogP contribution < -0.4 is 14.8 Å². The summed E-state index contributed by atoms with van der Waals surface area (Å²) in [4.78, 5) is 15.2. The molecule has 0 spiro atoms. The zero-order valence-electron chi connectivity index (χ0n) is 22.3. The van der Waals surface area contributed by atoms with E-state index in [9.17, 15) is 13.2 Å². The van der Waals surface area contributed by atoms with Crippen LogP contribution in [0.1, 0.15) is 83.1 Å². The molecule has 1 aliphatic heterocycles. The Morgan fingerprint density at radius 3 is 2.50 bits per heavy atom. The second-order valence-corrected chi connectivity index (χ2v) is 12.7. The Bertz CT molecular complexity index is 909. The first-order valence-electron chi connectivity index (χ1n) is 13.9. The van der Waals surface area contributed by atoms with Crippen LogP contribution >= 0.6 is 0 Å². The smallest absolute Gasteiger partial charge is 0.220 e. The molecule has 36 heavy (non-hydrogen) atoms. The van der Waals surface area contributed by atoms with Crippen LogP contribution in [0, 0.1) is 0 Å². The van der Waals surface area contributed by atoms with Gasteiger partial charge in [0.1, 0.15) is 0 Å². The number of hydrogen-bond acceptors (Lipinski definition) is 6. The minimum Gasteiger partial charge on any atom is -0.493 e. The van der Waals surface area contributed by atoms with E-state index in [0.717, 1.165) is 82.3 Å². The molecule has 1 N–H and O–H groups in total. The van der Waals surface area contributed by atoms with E-state index in [1.807, 2.05) is 25.1 Å². The second-order valence-electron chi connectivity index (χ2n) is 10.3. The highest BCUT2D eigenvalue weighted by Crippen LogP contribution is 2.29. The number of amides is 1. The normalized spacial score (nSPS) is 18.2. The van der Waals surface area contributed by atoms with Gasteiger partial charge in [-0.1, -0.05) is 31.7 Å². The van der Waals surface area contributed by atoms with E-state index in [1.165, 1.54) is 12.8 Å². The molecule has 1 heterocycles. The number of carbonyl (C=O) groups excluding carboxylic acids is 1. The maximum atomic E-state index is 12.8. The number of ether oxygens (including phenoxy) is 2. The number of rotatable bonds is 15. The lowest BCUT2D eigenvalue weighted by atomic mass is 10.0. The molecule has 204 valence electrons. The molecule has 8 heteroatoms. The molecular weight excluding hydrogens is 476 g/mol. The van der Waals surface area contributed by atoms with Crippen molar-refractivity contribution in [3.05, 3.63) is 23.8 Å². The standard InChI is InChI=1S/C28H46N2O5S/c1-3-35-27-21-23(15-16-26(27)34-2)20-24(22-30-17-9-10-18-30)29-28(31)14-8-5-11-19-36(32,33)25-12-6-4-7-13-25/h15-16,21,24-25H,3-14,17-20,22H2,1-2H3,(H,29,31)/t24-/m0/s1. The van der Waals surface area contributed by atoms with E-state index in [2.05, 4.69) is 10.2 Å². The van der Waals surface area contributed by atoms with Crippen molar-refractivity contribution in [3.8, 4) is 11.5 Å². The number of unbranched alkanes of at least 4 members (excludes halogenated alkanes) is 2. The average Bonchev–Trinajstić information content (AvgIpc) is 3.38. The quantitative estimate of drug-likeness (QED) is 0.341. The molecule has 0 unspecified atom stereocenters. The average molecular weight is 523 g/mol. The fourth-order valence-corrected chi connectivity index (χ4v) is 7.49. The number of hydrogen-bond donors (Lipinski definition) is 1. The third kappa shape index (κ3) is 9.25. The van der Waals surface area contributed by atoms with Crippen molar-refractivity contribution in [3.63, 3.8) is 0 Å². The Morgan fingerprint density at radius 1 is 1.06 bits per heavy atom. The van der Waals surface area contributed by atoms with Crippen molar-refractivity contribution in [2.45, 2.75) is 95.3 Å². The molecule has 0 radical (unpaired) electrons. The first kappa shape index (κ1) is 28.8. The summed E-state index contributed by atoms with van der Waals surface area (Å²) in [5.41, 5.74) is 1.11. The molecule has 2 aliphatic rings. The lowest BCUT2D eigenvalue weighted by Gasteiger charge is -2.25. The molecule has 1 atom stereocenters. The van der Waals surface area contributed by atoms with Crippen molar-refractivity contribution >= 4 is 15.7 Å². The molecule has 0 bridgehead atoms. The lowest BCUT2D eigenvalue weighted by Crippen LogP contribution is -2.44. The summed E-state index contributed by atoms with van der Waals surface area (Å²) in [7, 11) is -1.35. The van der Waals surface area contributed by atoms with Crippen LogP contribution in [-0.4, -0.2) is 69.6 Å². The summed E-state index contributed by atoms with van der Waals surface area (Å²) in [6.45, 7) is 5.51. The fourth-order valence-electron chi connectivity index (χ4n) is 5.50. The van der Waals surface area contributed by atoms with Crippen LogP contribution in [0.15, 0.2) is 18.2 Å². The summed E-state index contributed by atoms with van der Waals surface area (Å²) >= 11 is 0. The number of benzene rings is 1. The van der Waals surface area contributed by atoms with Crippen LogP contribution in [0.4, 0.5) is 0 Å². The molecular formula is C28H46N2O5S. The predicted molar refractivity (Wildman–Crippen MR) is 145 cm³/mol. The van der Waals surface area contributed by atoms with Crippen molar-refractivity contribution in [1.29, 1.82) is 0 Å². The third-order valence-corrected chi connectivity index (χ3v) is 9.79. The van der Waals surface area contributed by atoms with Gasteiger partial charge in [0.05, 0.1) is 24.7 Å².